The van der Waals surface area contributed by atoms with Gasteiger partial charge in [-0.1, -0.05) is 18.2 Å². The van der Waals surface area contributed by atoms with E-state index in [9.17, 15) is 4.79 Å². The topological polar surface area (TPSA) is 117 Å². The van der Waals surface area contributed by atoms with Crippen molar-refractivity contribution in [1.82, 2.24) is 29.6 Å². The Hall–Kier alpha value is -4.97. The SMILES string of the molecule is C=CC(=O)N1CCC(Oc2nc3c(Nc4ccc(Oc5ccc6cn(C)nc6c5)c(Cl)c4F)ncnc3cc2OC)CC1. The van der Waals surface area contributed by atoms with Crippen molar-refractivity contribution in [2.45, 2.75) is 18.9 Å². The second-order valence-corrected chi connectivity index (χ2v) is 10.3. The van der Waals surface area contributed by atoms with Gasteiger partial charge in [-0.3, -0.25) is 9.48 Å². The quantitative estimate of drug-likeness (QED) is 0.219. The van der Waals surface area contributed by atoms with Gasteiger partial charge >= 0.3 is 0 Å². The number of likely N-dealkylation sites (tertiary alicyclic amines) is 1. The summed E-state index contributed by atoms with van der Waals surface area (Å²) in [4.78, 5) is 26.9. The lowest BCUT2D eigenvalue weighted by Gasteiger charge is -2.31. The van der Waals surface area contributed by atoms with Crippen molar-refractivity contribution in [3.8, 4) is 23.1 Å². The van der Waals surface area contributed by atoms with Crippen molar-refractivity contribution in [2.24, 2.45) is 7.05 Å². The standard InChI is InChI=1S/C30H27ClFN7O4/c1-4-25(40)39-11-9-18(10-12-39)43-30-24(41-3)14-22-28(36-30)29(34-16-33-22)35-20-7-8-23(26(31)27(20)32)42-19-6-5-17-15-38(2)37-21(17)13-19/h4-8,13-16,18H,1,9-12H2,2-3H3,(H,33,34,35). The highest BCUT2D eigenvalue weighted by atomic mass is 35.5. The third-order valence-electron chi connectivity index (χ3n) is 7.09. The molecular formula is C30H27ClFN7O4. The maximum absolute atomic E-state index is 15.5. The highest BCUT2D eigenvalue weighted by molar-refractivity contribution is 6.32. The first-order chi connectivity index (χ1) is 20.8. The number of aromatic nitrogens is 5. The predicted octanol–water partition coefficient (Wildman–Crippen LogP) is 5.80. The minimum atomic E-state index is -0.726. The number of fused-ring (bicyclic) bond motifs is 2. The minimum absolute atomic E-state index is 0.0665. The molecule has 3 aromatic heterocycles. The molecule has 1 N–H and O–H groups in total. The van der Waals surface area contributed by atoms with Crippen molar-refractivity contribution >= 4 is 50.9 Å². The van der Waals surface area contributed by atoms with Crippen molar-refractivity contribution in [3.05, 3.63) is 72.4 Å². The van der Waals surface area contributed by atoms with Gasteiger partial charge in [-0.2, -0.15) is 5.10 Å². The van der Waals surface area contributed by atoms with E-state index in [1.54, 1.807) is 33.8 Å². The Kier molecular flexibility index (Phi) is 7.68. The van der Waals surface area contributed by atoms with Gasteiger partial charge < -0.3 is 24.4 Å². The van der Waals surface area contributed by atoms with Crippen LogP contribution in [0.25, 0.3) is 21.9 Å². The molecule has 220 valence electrons. The Morgan fingerprint density at radius 3 is 2.72 bits per heavy atom. The zero-order valence-electron chi connectivity index (χ0n) is 23.4. The number of carbonyl (C=O) groups is 1. The number of ether oxygens (including phenoxy) is 3. The van der Waals surface area contributed by atoms with E-state index < -0.39 is 5.82 Å². The lowest BCUT2D eigenvalue weighted by atomic mass is 10.1. The number of aryl methyl sites for hydroxylation is 1. The number of pyridine rings is 1. The Morgan fingerprint density at radius 2 is 1.95 bits per heavy atom. The summed E-state index contributed by atoms with van der Waals surface area (Å²) in [5.74, 6) is 0.662. The highest BCUT2D eigenvalue weighted by Crippen LogP contribution is 2.38. The van der Waals surface area contributed by atoms with Gasteiger partial charge in [-0.25, -0.2) is 19.3 Å². The van der Waals surface area contributed by atoms with Gasteiger partial charge in [0.15, 0.2) is 17.4 Å². The fourth-order valence-electron chi connectivity index (χ4n) is 4.90. The molecule has 13 heteroatoms. The number of methoxy groups -OCH3 is 1. The molecule has 1 aliphatic heterocycles. The Labute approximate surface area is 250 Å². The van der Waals surface area contributed by atoms with Gasteiger partial charge in [0.1, 0.15) is 34.5 Å². The van der Waals surface area contributed by atoms with Crippen LogP contribution >= 0.6 is 11.6 Å². The van der Waals surface area contributed by atoms with Crippen LogP contribution in [-0.4, -0.2) is 61.8 Å². The van der Waals surface area contributed by atoms with Crippen LogP contribution in [0.4, 0.5) is 15.9 Å². The molecule has 43 heavy (non-hydrogen) atoms. The normalized spacial score (nSPS) is 13.7. The third-order valence-corrected chi connectivity index (χ3v) is 7.44. The average Bonchev–Trinajstić information content (AvgIpc) is 3.40. The minimum Gasteiger partial charge on any atom is -0.491 e. The van der Waals surface area contributed by atoms with E-state index in [4.69, 9.17) is 25.8 Å². The number of nitrogens with zero attached hydrogens (tertiary/aromatic N) is 6. The summed E-state index contributed by atoms with van der Waals surface area (Å²) in [6, 6.07) is 10.1. The van der Waals surface area contributed by atoms with Crippen molar-refractivity contribution in [3.63, 3.8) is 0 Å². The molecule has 0 spiro atoms. The molecule has 1 fully saturated rings. The molecule has 0 aliphatic carbocycles. The fourth-order valence-corrected chi connectivity index (χ4v) is 5.10. The van der Waals surface area contributed by atoms with E-state index in [2.05, 4.69) is 31.9 Å². The average molecular weight is 604 g/mol. The van der Waals surface area contributed by atoms with Crippen LogP contribution in [0.2, 0.25) is 5.02 Å². The number of nitrogens with one attached hydrogen (secondary N) is 1. The summed E-state index contributed by atoms with van der Waals surface area (Å²) in [5, 5.41) is 8.10. The maximum Gasteiger partial charge on any atom is 0.258 e. The van der Waals surface area contributed by atoms with Crippen LogP contribution in [0.1, 0.15) is 12.8 Å². The molecule has 1 saturated heterocycles. The molecule has 0 atom stereocenters. The van der Waals surface area contributed by atoms with Gasteiger partial charge in [0.05, 0.1) is 23.8 Å². The summed E-state index contributed by atoms with van der Waals surface area (Å²) in [6.07, 6.45) is 5.59. The number of rotatable bonds is 8. The molecule has 2 aromatic carbocycles. The molecule has 5 aromatic rings. The van der Waals surface area contributed by atoms with E-state index in [0.29, 0.717) is 48.5 Å². The first kappa shape index (κ1) is 28.2. The van der Waals surface area contributed by atoms with E-state index in [0.717, 1.165) is 10.9 Å². The first-order valence-electron chi connectivity index (χ1n) is 13.5. The van der Waals surface area contributed by atoms with Crippen LogP contribution in [0.3, 0.4) is 0 Å². The van der Waals surface area contributed by atoms with Crippen molar-refractivity contribution in [2.75, 3.05) is 25.5 Å². The largest absolute Gasteiger partial charge is 0.491 e. The molecular weight excluding hydrogens is 577 g/mol. The monoisotopic (exact) mass is 603 g/mol. The smallest absolute Gasteiger partial charge is 0.258 e. The van der Waals surface area contributed by atoms with Crippen LogP contribution < -0.4 is 19.5 Å². The predicted molar refractivity (Wildman–Crippen MR) is 160 cm³/mol. The Morgan fingerprint density at radius 1 is 1.14 bits per heavy atom. The van der Waals surface area contributed by atoms with E-state index in [1.165, 1.54) is 25.6 Å². The number of amides is 1. The molecule has 11 nitrogen and oxygen atoms in total. The number of benzene rings is 2. The molecule has 6 rings (SSSR count). The van der Waals surface area contributed by atoms with Gasteiger partial charge in [0.2, 0.25) is 5.91 Å². The summed E-state index contributed by atoms with van der Waals surface area (Å²) in [6.45, 7) is 4.63. The number of halogens is 2. The van der Waals surface area contributed by atoms with Crippen molar-refractivity contribution < 1.29 is 23.4 Å². The number of carbonyl (C=O) groups excluding carboxylic acids is 1. The van der Waals surface area contributed by atoms with Crippen LogP contribution in [-0.2, 0) is 11.8 Å². The fraction of sp³-hybridized carbons (Fsp3) is 0.233. The van der Waals surface area contributed by atoms with Crippen LogP contribution in [0, 0.1) is 5.82 Å². The lowest BCUT2D eigenvalue weighted by Crippen LogP contribution is -2.41. The van der Waals surface area contributed by atoms with Gasteiger partial charge in [-0.05, 0) is 30.3 Å². The zero-order chi connectivity index (χ0) is 30.1. The summed E-state index contributed by atoms with van der Waals surface area (Å²) in [7, 11) is 3.34. The Bertz CT molecular complexity index is 1860. The highest BCUT2D eigenvalue weighted by Gasteiger charge is 2.25. The van der Waals surface area contributed by atoms with Crippen LogP contribution in [0.15, 0.2) is 61.6 Å². The van der Waals surface area contributed by atoms with Crippen molar-refractivity contribution in [1.29, 1.82) is 0 Å². The Balaban J connectivity index is 1.24. The van der Waals surface area contributed by atoms with Crippen LogP contribution in [0.5, 0.6) is 23.1 Å². The number of hydrogen-bond donors (Lipinski definition) is 1. The molecule has 4 heterocycles. The molecule has 1 aliphatic rings. The van der Waals surface area contributed by atoms with E-state index in [-0.39, 0.29) is 40.2 Å². The maximum atomic E-state index is 15.5. The van der Waals surface area contributed by atoms with E-state index in [1.807, 2.05) is 19.3 Å². The van der Waals surface area contributed by atoms with Gasteiger partial charge in [0.25, 0.3) is 5.88 Å². The van der Waals surface area contributed by atoms with E-state index >= 15 is 4.39 Å². The third kappa shape index (κ3) is 5.73. The number of hydrogen-bond acceptors (Lipinski definition) is 9. The summed E-state index contributed by atoms with van der Waals surface area (Å²) < 4.78 is 34.8. The molecule has 1 amide bonds. The molecule has 0 bridgehead atoms. The van der Waals surface area contributed by atoms with Gasteiger partial charge in [0, 0.05) is 56.7 Å². The number of anilines is 2. The summed E-state index contributed by atoms with van der Waals surface area (Å²) in [5.41, 5.74) is 1.62. The second-order valence-electron chi connectivity index (χ2n) is 9.92. The first-order valence-corrected chi connectivity index (χ1v) is 13.8. The molecule has 0 radical (unpaired) electrons. The number of piperidine rings is 1. The summed E-state index contributed by atoms with van der Waals surface area (Å²) >= 11 is 6.39. The zero-order valence-corrected chi connectivity index (χ0v) is 24.1. The second kappa shape index (κ2) is 11.7. The molecule has 0 unspecified atom stereocenters. The lowest BCUT2D eigenvalue weighted by molar-refractivity contribution is -0.127. The van der Waals surface area contributed by atoms with Gasteiger partial charge in [-0.15, -0.1) is 0 Å². The molecule has 0 saturated carbocycles.